The first kappa shape index (κ1) is 16.9. The molecule has 0 spiro atoms. The van der Waals surface area contributed by atoms with Gasteiger partial charge in [-0.25, -0.2) is 0 Å². The third-order valence-corrected chi connectivity index (χ3v) is 4.62. The second-order valence-electron chi connectivity index (χ2n) is 6.69. The smallest absolute Gasteiger partial charge is 0.257 e. The molecule has 0 unspecified atom stereocenters. The van der Waals surface area contributed by atoms with E-state index < -0.39 is 0 Å². The highest BCUT2D eigenvalue weighted by Crippen LogP contribution is 2.32. The summed E-state index contributed by atoms with van der Waals surface area (Å²) in [6.07, 6.45) is 7.23. The lowest BCUT2D eigenvalue weighted by Crippen LogP contribution is -2.19. The number of benzene rings is 3. The molecule has 3 aromatic rings. The minimum atomic E-state index is -0.291. The molecule has 0 saturated heterocycles. The van der Waals surface area contributed by atoms with Crippen LogP contribution in [0.3, 0.4) is 0 Å². The van der Waals surface area contributed by atoms with Crippen LogP contribution in [0.4, 0.5) is 11.4 Å². The largest absolute Gasteiger partial charge is 0.325 e. The molecule has 1 fully saturated rings. The highest BCUT2D eigenvalue weighted by molar-refractivity contribution is 6.13. The molecule has 132 valence electrons. The Hall–Kier alpha value is -3.58. The Morgan fingerprint density at radius 1 is 0.926 bits per heavy atom. The molecule has 2 N–H and O–H groups in total. The van der Waals surface area contributed by atoms with Crippen LogP contribution in [-0.4, -0.2) is 11.8 Å². The van der Waals surface area contributed by atoms with E-state index in [4.69, 9.17) is 6.42 Å². The van der Waals surface area contributed by atoms with Gasteiger partial charge in [0.1, 0.15) is 0 Å². The average molecular weight is 354 g/mol. The molecule has 0 aliphatic heterocycles. The Kier molecular flexibility index (Phi) is 4.35. The first-order chi connectivity index (χ1) is 13.1. The number of rotatable bonds is 4. The number of carbonyl (C=O) groups is 2. The summed E-state index contributed by atoms with van der Waals surface area (Å²) < 4.78 is 0. The zero-order valence-electron chi connectivity index (χ0n) is 14.7. The number of terminal acetylenes is 1. The highest BCUT2D eigenvalue weighted by atomic mass is 16.2. The Morgan fingerprint density at radius 2 is 1.67 bits per heavy atom. The van der Waals surface area contributed by atoms with Crippen LogP contribution in [0.2, 0.25) is 0 Å². The third-order valence-electron chi connectivity index (χ3n) is 4.62. The van der Waals surface area contributed by atoms with Crippen molar-refractivity contribution in [2.75, 3.05) is 10.6 Å². The van der Waals surface area contributed by atoms with Crippen molar-refractivity contribution in [2.45, 2.75) is 12.8 Å². The Labute approximate surface area is 157 Å². The van der Waals surface area contributed by atoms with Gasteiger partial charge in [0.05, 0.1) is 11.3 Å². The number of anilines is 2. The van der Waals surface area contributed by atoms with E-state index in [9.17, 15) is 9.59 Å². The highest BCUT2D eigenvalue weighted by Gasteiger charge is 2.30. The summed E-state index contributed by atoms with van der Waals surface area (Å²) in [5.41, 5.74) is 2.25. The fraction of sp³-hybridized carbons (Fsp3) is 0.130. The van der Waals surface area contributed by atoms with Crippen molar-refractivity contribution in [3.8, 4) is 12.3 Å². The molecular weight excluding hydrogens is 336 g/mol. The average Bonchev–Trinajstić information content (AvgIpc) is 3.53. The number of fused-ring (bicyclic) bond motifs is 1. The second kappa shape index (κ2) is 6.97. The van der Waals surface area contributed by atoms with Crippen LogP contribution in [0.5, 0.6) is 0 Å². The lowest BCUT2D eigenvalue weighted by molar-refractivity contribution is -0.117. The Balaban J connectivity index is 1.70. The molecule has 3 aromatic carbocycles. The summed E-state index contributed by atoms with van der Waals surface area (Å²) in [5.74, 6) is 2.28. The van der Waals surface area contributed by atoms with E-state index in [2.05, 4.69) is 16.6 Å². The van der Waals surface area contributed by atoms with E-state index in [1.165, 1.54) is 0 Å². The van der Waals surface area contributed by atoms with Gasteiger partial charge in [-0.05, 0) is 53.9 Å². The maximum Gasteiger partial charge on any atom is 0.257 e. The SMILES string of the molecule is C#Cc1cccc(NC(=O)c2cc3ccccc3cc2NC(=O)C2CC2)c1. The van der Waals surface area contributed by atoms with Crippen molar-refractivity contribution in [3.05, 3.63) is 71.8 Å². The second-order valence-corrected chi connectivity index (χ2v) is 6.69. The fourth-order valence-corrected chi connectivity index (χ4v) is 3.00. The number of hydrogen-bond donors (Lipinski definition) is 2. The summed E-state index contributed by atoms with van der Waals surface area (Å²) in [5, 5.41) is 7.69. The minimum absolute atomic E-state index is 0.0336. The normalized spacial score (nSPS) is 13.0. The molecule has 0 aromatic heterocycles. The van der Waals surface area contributed by atoms with Crippen molar-refractivity contribution >= 4 is 34.0 Å². The molecule has 0 radical (unpaired) electrons. The lowest BCUT2D eigenvalue weighted by Gasteiger charge is -2.13. The number of amides is 2. The van der Waals surface area contributed by atoms with Crippen LogP contribution in [0.25, 0.3) is 10.8 Å². The molecular formula is C23H18N2O2. The Morgan fingerprint density at radius 3 is 2.37 bits per heavy atom. The topological polar surface area (TPSA) is 58.2 Å². The monoisotopic (exact) mass is 354 g/mol. The van der Waals surface area contributed by atoms with Gasteiger partial charge in [0.25, 0.3) is 5.91 Å². The zero-order valence-corrected chi connectivity index (χ0v) is 14.7. The number of hydrogen-bond acceptors (Lipinski definition) is 2. The maximum atomic E-state index is 12.9. The van der Waals surface area contributed by atoms with Gasteiger partial charge in [0, 0.05) is 17.2 Å². The first-order valence-corrected chi connectivity index (χ1v) is 8.86. The van der Waals surface area contributed by atoms with Crippen molar-refractivity contribution < 1.29 is 9.59 Å². The molecule has 2 amide bonds. The Bertz CT molecular complexity index is 1090. The van der Waals surface area contributed by atoms with E-state index in [0.29, 0.717) is 22.5 Å². The molecule has 1 aliphatic rings. The molecule has 4 nitrogen and oxygen atoms in total. The first-order valence-electron chi connectivity index (χ1n) is 8.86. The standard InChI is InChI=1S/C23H18N2O2/c1-2-15-6-5-9-19(12-15)24-23(27)20-13-17-7-3-4-8-18(17)14-21(20)25-22(26)16-10-11-16/h1,3-9,12-14,16H,10-11H2,(H,24,27)(H,25,26). The van der Waals surface area contributed by atoms with Crippen molar-refractivity contribution in [1.82, 2.24) is 0 Å². The molecule has 4 heteroatoms. The number of nitrogens with one attached hydrogen (secondary N) is 2. The van der Waals surface area contributed by atoms with E-state index in [1.807, 2.05) is 30.3 Å². The van der Waals surface area contributed by atoms with Gasteiger partial charge < -0.3 is 10.6 Å². The maximum absolute atomic E-state index is 12.9. The van der Waals surface area contributed by atoms with Crippen LogP contribution >= 0.6 is 0 Å². The van der Waals surface area contributed by atoms with Crippen LogP contribution in [0.1, 0.15) is 28.8 Å². The predicted octanol–water partition coefficient (Wildman–Crippen LogP) is 4.42. The van der Waals surface area contributed by atoms with E-state index in [-0.39, 0.29) is 17.7 Å². The van der Waals surface area contributed by atoms with Crippen LogP contribution < -0.4 is 10.6 Å². The summed E-state index contributed by atoms with van der Waals surface area (Å²) in [6, 6.07) is 18.5. The van der Waals surface area contributed by atoms with Gasteiger partial charge in [-0.3, -0.25) is 9.59 Å². The molecule has 4 rings (SSSR count). The van der Waals surface area contributed by atoms with E-state index in [0.717, 1.165) is 23.6 Å². The fourth-order valence-electron chi connectivity index (χ4n) is 3.00. The summed E-state index contributed by atoms with van der Waals surface area (Å²) in [4.78, 5) is 25.2. The zero-order chi connectivity index (χ0) is 18.8. The van der Waals surface area contributed by atoms with Gasteiger partial charge in [-0.2, -0.15) is 0 Å². The van der Waals surface area contributed by atoms with E-state index in [1.54, 1.807) is 30.3 Å². The molecule has 1 aliphatic carbocycles. The van der Waals surface area contributed by atoms with Crippen LogP contribution in [0, 0.1) is 18.3 Å². The molecule has 0 heterocycles. The number of carbonyl (C=O) groups excluding carboxylic acids is 2. The summed E-state index contributed by atoms with van der Waals surface area (Å²) in [7, 11) is 0. The third kappa shape index (κ3) is 3.68. The van der Waals surface area contributed by atoms with Gasteiger partial charge in [-0.15, -0.1) is 6.42 Å². The van der Waals surface area contributed by atoms with Crippen molar-refractivity contribution in [1.29, 1.82) is 0 Å². The summed E-state index contributed by atoms with van der Waals surface area (Å²) in [6.45, 7) is 0. The van der Waals surface area contributed by atoms with Crippen LogP contribution in [-0.2, 0) is 4.79 Å². The molecule has 0 atom stereocenters. The van der Waals surface area contributed by atoms with Gasteiger partial charge in [0.2, 0.25) is 5.91 Å². The van der Waals surface area contributed by atoms with Crippen molar-refractivity contribution in [2.24, 2.45) is 5.92 Å². The predicted molar refractivity (Wildman–Crippen MR) is 108 cm³/mol. The minimum Gasteiger partial charge on any atom is -0.325 e. The molecule has 0 bridgehead atoms. The van der Waals surface area contributed by atoms with Gasteiger partial charge in [-0.1, -0.05) is 36.3 Å². The van der Waals surface area contributed by atoms with Crippen molar-refractivity contribution in [3.63, 3.8) is 0 Å². The summed E-state index contributed by atoms with van der Waals surface area (Å²) >= 11 is 0. The van der Waals surface area contributed by atoms with Gasteiger partial charge in [0.15, 0.2) is 0 Å². The molecule has 27 heavy (non-hydrogen) atoms. The molecule has 1 saturated carbocycles. The quantitative estimate of drug-likeness (QED) is 0.681. The van der Waals surface area contributed by atoms with E-state index >= 15 is 0 Å². The lowest BCUT2D eigenvalue weighted by atomic mass is 10.0. The van der Waals surface area contributed by atoms with Crippen LogP contribution in [0.15, 0.2) is 60.7 Å². The van der Waals surface area contributed by atoms with Gasteiger partial charge >= 0.3 is 0 Å².